The van der Waals surface area contributed by atoms with Crippen molar-refractivity contribution in [2.45, 2.75) is 46.0 Å². The first kappa shape index (κ1) is 25.0. The Morgan fingerprint density at radius 3 is 2.30 bits per heavy atom. The smallest absolute Gasteiger partial charge is 0.351 e. The summed E-state index contributed by atoms with van der Waals surface area (Å²) in [6.45, 7) is 7.81. The van der Waals surface area contributed by atoms with E-state index < -0.39 is 11.7 Å². The van der Waals surface area contributed by atoms with Crippen LogP contribution in [0.25, 0.3) is 5.69 Å². The molecule has 1 saturated heterocycles. The van der Waals surface area contributed by atoms with Crippen molar-refractivity contribution in [3.05, 3.63) is 112 Å². The van der Waals surface area contributed by atoms with E-state index in [0.717, 1.165) is 34.3 Å². The van der Waals surface area contributed by atoms with Gasteiger partial charge in [-0.2, -0.15) is 13.2 Å². The van der Waals surface area contributed by atoms with Crippen LogP contribution in [-0.4, -0.2) is 14.7 Å². The summed E-state index contributed by atoms with van der Waals surface area (Å²) >= 11 is 5.83. The lowest BCUT2D eigenvalue weighted by Gasteiger charge is -2.29. The molecule has 3 heterocycles. The van der Waals surface area contributed by atoms with Crippen LogP contribution >= 0.6 is 12.2 Å². The van der Waals surface area contributed by atoms with Crippen LogP contribution in [0.1, 0.15) is 51.4 Å². The number of rotatable bonds is 4. The van der Waals surface area contributed by atoms with E-state index in [1.807, 2.05) is 44.2 Å². The number of benzene rings is 2. The monoisotopic (exact) mass is 520 g/mol. The molecule has 1 fully saturated rings. The minimum Gasteiger partial charge on any atom is -0.351 e. The molecule has 37 heavy (non-hydrogen) atoms. The molecule has 2 aromatic carbocycles. The third-order valence-corrected chi connectivity index (χ3v) is 7.42. The van der Waals surface area contributed by atoms with Crippen molar-refractivity contribution >= 4 is 23.0 Å². The molecule has 2 aromatic heterocycles. The highest BCUT2D eigenvalue weighted by Gasteiger charge is 2.43. The first-order valence-electron chi connectivity index (χ1n) is 12.0. The van der Waals surface area contributed by atoms with Gasteiger partial charge in [-0.1, -0.05) is 24.3 Å². The van der Waals surface area contributed by atoms with E-state index in [-0.39, 0.29) is 17.8 Å². The second kappa shape index (κ2) is 9.34. The molecule has 0 bridgehead atoms. The quantitative estimate of drug-likeness (QED) is 0.286. The molecule has 0 amide bonds. The third kappa shape index (κ3) is 4.39. The number of alkyl halides is 3. The number of nitrogens with zero attached hydrogens (tertiary/aromatic N) is 3. The molecule has 0 radical (unpaired) electrons. The number of hydrogen-bond donors (Lipinski definition) is 1. The van der Waals surface area contributed by atoms with E-state index in [0.29, 0.717) is 10.8 Å². The lowest BCUT2D eigenvalue weighted by molar-refractivity contribution is -0.137. The fourth-order valence-electron chi connectivity index (χ4n) is 5.19. The molecule has 0 aliphatic carbocycles. The Morgan fingerprint density at radius 2 is 1.62 bits per heavy atom. The summed E-state index contributed by atoms with van der Waals surface area (Å²) in [7, 11) is 0. The van der Waals surface area contributed by atoms with E-state index in [1.54, 1.807) is 16.8 Å². The number of pyridine rings is 1. The molecule has 1 aliphatic heterocycles. The van der Waals surface area contributed by atoms with E-state index >= 15 is 0 Å². The minimum absolute atomic E-state index is 0.108. The number of nitrogens with one attached hydrogen (secondary N) is 1. The second-order valence-corrected chi connectivity index (χ2v) is 9.83. The molecule has 0 unspecified atom stereocenters. The van der Waals surface area contributed by atoms with Crippen LogP contribution in [0.5, 0.6) is 0 Å². The molecule has 4 aromatic rings. The molecular weight excluding hydrogens is 493 g/mol. The van der Waals surface area contributed by atoms with Crippen LogP contribution in [0.15, 0.2) is 72.9 Å². The van der Waals surface area contributed by atoms with Gasteiger partial charge in [0.2, 0.25) is 0 Å². The highest BCUT2D eigenvalue weighted by atomic mass is 32.1. The van der Waals surface area contributed by atoms with E-state index in [2.05, 4.69) is 41.2 Å². The second-order valence-electron chi connectivity index (χ2n) is 9.44. The van der Waals surface area contributed by atoms with Crippen molar-refractivity contribution in [1.82, 2.24) is 14.9 Å². The summed E-state index contributed by atoms with van der Waals surface area (Å²) in [5.41, 5.74) is 5.78. The first-order valence-corrected chi connectivity index (χ1v) is 12.4. The molecule has 5 rings (SSSR count). The Kier molecular flexibility index (Phi) is 6.31. The summed E-state index contributed by atoms with van der Waals surface area (Å²) < 4.78 is 43.5. The number of hydrogen-bond acceptors (Lipinski definition) is 2. The maximum atomic E-state index is 13.9. The van der Waals surface area contributed by atoms with Gasteiger partial charge in [0, 0.05) is 23.3 Å². The molecule has 1 aliphatic rings. The fourth-order valence-corrected chi connectivity index (χ4v) is 5.54. The summed E-state index contributed by atoms with van der Waals surface area (Å²) in [5.74, 6) is 0. The lowest BCUT2D eigenvalue weighted by Crippen LogP contribution is -2.29. The maximum Gasteiger partial charge on any atom is 0.418 e. The molecule has 190 valence electrons. The topological polar surface area (TPSA) is 33.1 Å². The van der Waals surface area contributed by atoms with Crippen molar-refractivity contribution in [3.8, 4) is 5.69 Å². The van der Waals surface area contributed by atoms with Gasteiger partial charge in [-0.25, -0.2) is 0 Å². The number of halogens is 3. The average molecular weight is 521 g/mol. The Morgan fingerprint density at radius 1 is 0.892 bits per heavy atom. The summed E-state index contributed by atoms with van der Waals surface area (Å²) in [4.78, 5) is 6.65. The Balaban J connectivity index is 1.71. The molecule has 0 spiro atoms. The van der Waals surface area contributed by atoms with E-state index in [1.165, 1.54) is 17.7 Å². The zero-order valence-corrected chi connectivity index (χ0v) is 21.8. The Labute approximate surface area is 219 Å². The summed E-state index contributed by atoms with van der Waals surface area (Å²) in [6, 6.07) is 18.9. The molecule has 2 atom stereocenters. The van der Waals surface area contributed by atoms with Crippen LogP contribution < -0.4 is 10.2 Å². The van der Waals surface area contributed by atoms with Crippen molar-refractivity contribution in [3.63, 3.8) is 0 Å². The number of thiocarbonyl (C=S) groups is 1. The zero-order valence-electron chi connectivity index (χ0n) is 21.0. The van der Waals surface area contributed by atoms with Gasteiger partial charge in [0.25, 0.3) is 0 Å². The number of anilines is 1. The SMILES string of the molecule is Cc1ccc(N2C(=S)N[C@H](c3ccccn3)[C@@H]2c2cc(C)n(-c3ccccc3C(F)(F)F)c2C)cc1C. The highest BCUT2D eigenvalue weighted by Crippen LogP contribution is 2.45. The third-order valence-electron chi connectivity index (χ3n) is 7.11. The van der Waals surface area contributed by atoms with Gasteiger partial charge in [-0.15, -0.1) is 0 Å². The molecule has 0 saturated carbocycles. The molecular formula is C29H27F3N4S. The first-order chi connectivity index (χ1) is 17.6. The number of aryl methyl sites for hydroxylation is 3. The Bertz CT molecular complexity index is 1480. The van der Waals surface area contributed by atoms with Crippen LogP contribution in [0.3, 0.4) is 0 Å². The van der Waals surface area contributed by atoms with Gasteiger partial charge in [-0.05, 0) is 99.1 Å². The molecule has 1 N–H and O–H groups in total. The van der Waals surface area contributed by atoms with Gasteiger partial charge in [0.05, 0.1) is 29.0 Å². The van der Waals surface area contributed by atoms with Crippen LogP contribution in [-0.2, 0) is 6.18 Å². The van der Waals surface area contributed by atoms with Crippen molar-refractivity contribution < 1.29 is 13.2 Å². The van der Waals surface area contributed by atoms with Crippen molar-refractivity contribution in [1.29, 1.82) is 0 Å². The van der Waals surface area contributed by atoms with E-state index in [4.69, 9.17) is 12.2 Å². The predicted octanol–water partition coefficient (Wildman–Crippen LogP) is 7.30. The van der Waals surface area contributed by atoms with Gasteiger partial charge in [0.15, 0.2) is 5.11 Å². The van der Waals surface area contributed by atoms with Gasteiger partial charge in [0.1, 0.15) is 0 Å². The van der Waals surface area contributed by atoms with Gasteiger partial charge >= 0.3 is 6.18 Å². The fraction of sp³-hybridized carbons (Fsp3) is 0.241. The van der Waals surface area contributed by atoms with Gasteiger partial charge < -0.3 is 14.8 Å². The number of para-hydroxylation sites is 1. The average Bonchev–Trinajstić information content (AvgIpc) is 3.36. The van der Waals surface area contributed by atoms with Crippen molar-refractivity contribution in [2.75, 3.05) is 4.90 Å². The summed E-state index contributed by atoms with van der Waals surface area (Å²) in [6.07, 6.45) is -2.74. The maximum absolute atomic E-state index is 13.9. The van der Waals surface area contributed by atoms with Crippen molar-refractivity contribution in [2.24, 2.45) is 0 Å². The van der Waals surface area contributed by atoms with E-state index in [9.17, 15) is 13.2 Å². The highest BCUT2D eigenvalue weighted by molar-refractivity contribution is 7.80. The Hall–Kier alpha value is -3.65. The number of aromatic nitrogens is 2. The normalized spacial score (nSPS) is 17.8. The van der Waals surface area contributed by atoms with Gasteiger partial charge in [-0.3, -0.25) is 4.98 Å². The summed E-state index contributed by atoms with van der Waals surface area (Å²) in [5, 5.41) is 3.98. The largest absolute Gasteiger partial charge is 0.418 e. The zero-order chi connectivity index (χ0) is 26.5. The molecule has 8 heteroatoms. The van der Waals surface area contributed by atoms with Crippen LogP contribution in [0.4, 0.5) is 18.9 Å². The minimum atomic E-state index is -4.47. The predicted molar refractivity (Wildman–Crippen MR) is 144 cm³/mol. The molecule has 4 nitrogen and oxygen atoms in total. The standard InChI is InChI=1S/C29H27F3N4S/c1-17-12-13-21(15-18(17)2)36-27(26(34-28(36)37)24-10-7-8-14-33-24)22-16-19(3)35(20(22)4)25-11-6-5-9-23(25)29(30,31)32/h5-16,26-27H,1-4H3,(H,34,37)/t26-,27+/m1/s1. The van der Waals surface area contributed by atoms with Crippen LogP contribution in [0, 0.1) is 27.7 Å². The van der Waals surface area contributed by atoms with Crippen LogP contribution in [0.2, 0.25) is 0 Å². The lowest BCUT2D eigenvalue weighted by atomic mass is 9.96.